The molecule has 198 valence electrons. The van der Waals surface area contributed by atoms with Gasteiger partial charge in [-0.25, -0.2) is 9.37 Å². The van der Waals surface area contributed by atoms with Gasteiger partial charge < -0.3 is 14.2 Å². The van der Waals surface area contributed by atoms with Crippen LogP contribution >= 0.6 is 0 Å². The summed E-state index contributed by atoms with van der Waals surface area (Å²) in [6, 6.07) is 12.2. The highest BCUT2D eigenvalue weighted by molar-refractivity contribution is 6.00. The summed E-state index contributed by atoms with van der Waals surface area (Å²) < 4.78 is 24.5. The van der Waals surface area contributed by atoms with Crippen LogP contribution in [0.3, 0.4) is 0 Å². The molecular weight excluding hydrogens is 491 g/mol. The van der Waals surface area contributed by atoms with Crippen LogP contribution in [0.4, 0.5) is 10.2 Å². The van der Waals surface area contributed by atoms with Gasteiger partial charge in [0.2, 0.25) is 0 Å². The van der Waals surface area contributed by atoms with Crippen LogP contribution in [0.25, 0.3) is 32.9 Å². The third-order valence-electron chi connectivity index (χ3n) is 8.40. The molecule has 2 aromatic carbocycles. The summed E-state index contributed by atoms with van der Waals surface area (Å²) >= 11 is 0. The zero-order valence-corrected chi connectivity index (χ0v) is 22.3. The Kier molecular flexibility index (Phi) is 5.90. The standard InChI is InChI=1S/C31H31FN6O/c1-19-5-3-6-22-7-4-8-23(26(19)22)28-27(32)29-24(16-34-28)30(38-17-20-9-10-21(15-20)18-38)36-31(35-29)39-14-11-25-33-12-13-37(25)2/h3-8,12-13,16,20-21H,9-11,14-15,17-18H2,1-2H3. The van der Waals surface area contributed by atoms with Gasteiger partial charge in [0.1, 0.15) is 22.9 Å². The van der Waals surface area contributed by atoms with Crippen molar-refractivity contribution in [3.63, 3.8) is 0 Å². The summed E-state index contributed by atoms with van der Waals surface area (Å²) in [5, 5.41) is 2.68. The molecule has 5 aromatic rings. The SMILES string of the molecule is Cc1cccc2cccc(-c3ncc4c(N5CC6CCC(C6)C5)nc(OCCc5nccn5C)nc4c3F)c12. The molecule has 1 aliphatic carbocycles. The average molecular weight is 523 g/mol. The minimum Gasteiger partial charge on any atom is -0.463 e. The Hall–Kier alpha value is -4.07. The first kappa shape index (κ1) is 24.0. The van der Waals surface area contributed by atoms with E-state index in [1.54, 1.807) is 12.4 Å². The minimum atomic E-state index is -0.444. The quantitative estimate of drug-likeness (QED) is 0.277. The number of aryl methyl sites for hydroxylation is 2. The molecule has 1 saturated carbocycles. The zero-order chi connectivity index (χ0) is 26.5. The number of hydrogen-bond acceptors (Lipinski definition) is 6. The van der Waals surface area contributed by atoms with Gasteiger partial charge in [-0.05, 0) is 54.4 Å². The molecule has 2 fully saturated rings. The van der Waals surface area contributed by atoms with Crippen LogP contribution in [0.5, 0.6) is 6.01 Å². The molecule has 0 radical (unpaired) electrons. The van der Waals surface area contributed by atoms with Gasteiger partial charge in [0, 0.05) is 50.7 Å². The Labute approximate surface area is 226 Å². The molecule has 0 amide bonds. The number of piperidine rings is 1. The van der Waals surface area contributed by atoms with Gasteiger partial charge in [-0.3, -0.25) is 4.98 Å². The summed E-state index contributed by atoms with van der Waals surface area (Å²) in [4.78, 5) is 20.8. The van der Waals surface area contributed by atoms with Crippen LogP contribution in [-0.4, -0.2) is 44.2 Å². The number of fused-ring (bicyclic) bond motifs is 4. The second-order valence-corrected chi connectivity index (χ2v) is 11.0. The average Bonchev–Trinajstić information content (AvgIpc) is 3.51. The lowest BCUT2D eigenvalue weighted by molar-refractivity contribution is 0.293. The number of nitrogens with zero attached hydrogens (tertiary/aromatic N) is 6. The molecule has 0 N–H and O–H groups in total. The summed E-state index contributed by atoms with van der Waals surface area (Å²) in [7, 11) is 1.95. The second-order valence-electron chi connectivity index (χ2n) is 11.0. The number of aromatic nitrogens is 5. The lowest BCUT2D eigenvalue weighted by atomic mass is 9.97. The van der Waals surface area contributed by atoms with Crippen LogP contribution in [0, 0.1) is 24.6 Å². The van der Waals surface area contributed by atoms with E-state index in [0.717, 1.165) is 46.6 Å². The van der Waals surface area contributed by atoms with Crippen LogP contribution in [0.1, 0.15) is 30.7 Å². The normalized spacial score (nSPS) is 18.8. The van der Waals surface area contributed by atoms with Crippen LogP contribution < -0.4 is 9.64 Å². The number of pyridine rings is 1. The van der Waals surface area contributed by atoms with Gasteiger partial charge in [0.25, 0.3) is 0 Å². The summed E-state index contributed by atoms with van der Waals surface area (Å²) in [6.45, 7) is 4.23. The van der Waals surface area contributed by atoms with Gasteiger partial charge in [-0.15, -0.1) is 0 Å². The fourth-order valence-corrected chi connectivity index (χ4v) is 6.49. The maximum Gasteiger partial charge on any atom is 0.319 e. The number of rotatable bonds is 6. The van der Waals surface area contributed by atoms with Crippen molar-refractivity contribution in [1.82, 2.24) is 24.5 Å². The molecule has 1 aliphatic heterocycles. The van der Waals surface area contributed by atoms with E-state index in [9.17, 15) is 0 Å². The highest BCUT2D eigenvalue weighted by atomic mass is 19.1. The Bertz CT molecular complexity index is 1680. The Morgan fingerprint density at radius 3 is 2.59 bits per heavy atom. The molecular formula is C31H31FN6O. The smallest absolute Gasteiger partial charge is 0.319 e. The van der Waals surface area contributed by atoms with Gasteiger partial charge >= 0.3 is 6.01 Å². The van der Waals surface area contributed by atoms with Gasteiger partial charge in [-0.1, -0.05) is 36.4 Å². The lowest BCUT2D eigenvalue weighted by Crippen LogP contribution is -2.37. The predicted molar refractivity (Wildman–Crippen MR) is 150 cm³/mol. The molecule has 3 aromatic heterocycles. The minimum absolute atomic E-state index is 0.190. The van der Waals surface area contributed by atoms with Crippen molar-refractivity contribution in [2.75, 3.05) is 24.6 Å². The Morgan fingerprint density at radius 2 is 1.82 bits per heavy atom. The van der Waals surface area contributed by atoms with Crippen molar-refractivity contribution in [2.24, 2.45) is 18.9 Å². The number of ether oxygens (including phenoxy) is 1. The van der Waals surface area contributed by atoms with E-state index < -0.39 is 5.82 Å². The number of hydrogen-bond donors (Lipinski definition) is 0. The number of benzene rings is 2. The second kappa shape index (κ2) is 9.59. The predicted octanol–water partition coefficient (Wildman–Crippen LogP) is 5.88. The van der Waals surface area contributed by atoms with Crippen molar-refractivity contribution in [3.05, 3.63) is 72.2 Å². The maximum atomic E-state index is 16.5. The fourth-order valence-electron chi connectivity index (χ4n) is 6.49. The zero-order valence-electron chi connectivity index (χ0n) is 22.3. The van der Waals surface area contributed by atoms with Gasteiger partial charge in [-0.2, -0.15) is 9.97 Å². The van der Waals surface area contributed by atoms with Crippen LogP contribution in [0.2, 0.25) is 0 Å². The number of halogens is 1. The van der Waals surface area contributed by atoms with E-state index in [4.69, 9.17) is 9.72 Å². The van der Waals surface area contributed by atoms with E-state index in [2.05, 4.69) is 19.9 Å². The maximum absolute atomic E-state index is 16.5. The molecule has 8 heteroatoms. The van der Waals surface area contributed by atoms with E-state index in [1.807, 2.05) is 61.1 Å². The molecule has 7 nitrogen and oxygen atoms in total. The highest BCUT2D eigenvalue weighted by Crippen LogP contribution is 2.41. The fraction of sp³-hybridized carbons (Fsp3) is 0.355. The molecule has 7 rings (SSSR count). The number of imidazole rings is 1. The van der Waals surface area contributed by atoms with E-state index in [0.29, 0.717) is 35.9 Å². The first-order valence-corrected chi connectivity index (χ1v) is 13.7. The van der Waals surface area contributed by atoms with Gasteiger partial charge in [0.05, 0.1) is 12.0 Å². The Morgan fingerprint density at radius 1 is 1.03 bits per heavy atom. The third kappa shape index (κ3) is 4.28. The monoisotopic (exact) mass is 522 g/mol. The number of anilines is 1. The van der Waals surface area contributed by atoms with E-state index in [1.165, 1.54) is 19.3 Å². The molecule has 2 unspecified atom stereocenters. The molecule has 1 saturated heterocycles. The molecule has 4 heterocycles. The first-order valence-electron chi connectivity index (χ1n) is 13.7. The topological polar surface area (TPSA) is 69.0 Å². The van der Waals surface area contributed by atoms with E-state index >= 15 is 4.39 Å². The van der Waals surface area contributed by atoms with Crippen molar-refractivity contribution in [1.29, 1.82) is 0 Å². The largest absolute Gasteiger partial charge is 0.463 e. The third-order valence-corrected chi connectivity index (χ3v) is 8.40. The first-order chi connectivity index (χ1) is 19.0. The molecule has 2 aliphatic rings. The van der Waals surface area contributed by atoms with Crippen molar-refractivity contribution >= 4 is 27.5 Å². The summed E-state index contributed by atoms with van der Waals surface area (Å²) in [6.07, 6.45) is 9.78. The molecule has 2 atom stereocenters. The van der Waals surface area contributed by atoms with Crippen molar-refractivity contribution < 1.29 is 9.13 Å². The Balaban J connectivity index is 1.33. The molecule has 0 spiro atoms. The molecule has 39 heavy (non-hydrogen) atoms. The van der Waals surface area contributed by atoms with Crippen molar-refractivity contribution in [2.45, 2.75) is 32.6 Å². The van der Waals surface area contributed by atoms with Crippen LogP contribution in [0.15, 0.2) is 55.0 Å². The lowest BCUT2D eigenvalue weighted by Gasteiger charge is -2.33. The summed E-state index contributed by atoms with van der Waals surface area (Å²) in [5.41, 5.74) is 2.39. The van der Waals surface area contributed by atoms with Crippen molar-refractivity contribution in [3.8, 4) is 17.3 Å². The van der Waals surface area contributed by atoms with Gasteiger partial charge in [0.15, 0.2) is 5.82 Å². The molecule has 2 bridgehead atoms. The van der Waals surface area contributed by atoms with E-state index in [-0.39, 0.29) is 11.5 Å². The summed E-state index contributed by atoms with van der Waals surface area (Å²) in [5.74, 6) is 2.48. The highest BCUT2D eigenvalue weighted by Gasteiger charge is 2.34. The van der Waals surface area contributed by atoms with Crippen LogP contribution in [-0.2, 0) is 13.5 Å².